The van der Waals surface area contributed by atoms with E-state index < -0.39 is 10.8 Å². The Morgan fingerprint density at radius 2 is 2.07 bits per heavy atom. The summed E-state index contributed by atoms with van der Waals surface area (Å²) in [6, 6.07) is 3.22. The lowest BCUT2D eigenvalue weighted by molar-refractivity contribution is 0.0596. The highest BCUT2D eigenvalue weighted by atomic mass is 35.5. The molecular weight excluding hydrogens is 239 g/mol. The van der Waals surface area contributed by atoms with Gasteiger partial charge >= 0.3 is 5.97 Å². The van der Waals surface area contributed by atoms with Gasteiger partial charge in [-0.2, -0.15) is 0 Å². The fraction of sp³-hybridized carbons (Fsp3) is 0.300. The number of halogens is 2. The summed E-state index contributed by atoms with van der Waals surface area (Å²) in [7, 11) is 1.23. The third kappa shape index (κ3) is 2.36. The van der Waals surface area contributed by atoms with Crippen LogP contribution in [0.1, 0.15) is 26.3 Å². The molecule has 0 radical (unpaired) electrons. The highest BCUT2D eigenvalue weighted by molar-refractivity contribution is 6.44. The lowest BCUT2D eigenvalue weighted by atomic mass is 10.0. The molecule has 0 saturated heterocycles. The molecule has 1 N–H and O–H groups in total. The van der Waals surface area contributed by atoms with Crippen LogP contribution in [0.25, 0.3) is 0 Å². The molecule has 3 nitrogen and oxygen atoms in total. The Morgan fingerprint density at radius 1 is 1.47 bits per heavy atom. The number of aromatic hydroxyl groups is 1. The van der Waals surface area contributed by atoms with Gasteiger partial charge in [0.15, 0.2) is 0 Å². The molecule has 1 aromatic carbocycles. The topological polar surface area (TPSA) is 46.5 Å². The van der Waals surface area contributed by atoms with Crippen molar-refractivity contribution in [3.63, 3.8) is 0 Å². The van der Waals surface area contributed by atoms with Crippen molar-refractivity contribution in [3.8, 4) is 5.75 Å². The monoisotopic (exact) mass is 248 g/mol. The van der Waals surface area contributed by atoms with Gasteiger partial charge in [-0.25, -0.2) is 4.79 Å². The van der Waals surface area contributed by atoms with Gasteiger partial charge in [-0.1, -0.05) is 12.1 Å². The van der Waals surface area contributed by atoms with E-state index in [1.165, 1.54) is 7.11 Å². The van der Waals surface area contributed by atoms with Crippen LogP contribution in [0.5, 0.6) is 5.75 Å². The molecule has 1 rings (SSSR count). The lowest BCUT2D eigenvalue weighted by Gasteiger charge is -2.11. The van der Waals surface area contributed by atoms with Crippen LogP contribution in [-0.4, -0.2) is 18.2 Å². The van der Waals surface area contributed by atoms with Gasteiger partial charge in [0.25, 0.3) is 0 Å². The third-order valence-electron chi connectivity index (χ3n) is 2.04. The van der Waals surface area contributed by atoms with Crippen LogP contribution in [0.3, 0.4) is 0 Å². The van der Waals surface area contributed by atoms with E-state index >= 15 is 0 Å². The Hall–Kier alpha value is -0.930. The lowest BCUT2D eigenvalue weighted by Crippen LogP contribution is -2.07. The normalized spacial score (nSPS) is 10.5. The number of carbonyl (C=O) groups excluding carboxylic acids is 1. The highest BCUT2D eigenvalue weighted by Crippen LogP contribution is 2.34. The number of rotatable bonds is 2. The summed E-state index contributed by atoms with van der Waals surface area (Å²) >= 11 is 11.4. The first-order valence-electron chi connectivity index (χ1n) is 4.18. The molecule has 0 heterocycles. The van der Waals surface area contributed by atoms with Crippen LogP contribution in [0.2, 0.25) is 0 Å². The molecule has 0 aliphatic heterocycles. The zero-order chi connectivity index (χ0) is 11.6. The van der Waals surface area contributed by atoms with E-state index in [4.69, 9.17) is 23.2 Å². The molecule has 0 aliphatic rings. The second kappa shape index (κ2) is 4.73. The number of esters is 1. The Bertz CT molecular complexity index is 388. The number of carbonyl (C=O) groups is 1. The zero-order valence-electron chi connectivity index (χ0n) is 8.25. The van der Waals surface area contributed by atoms with Crippen molar-refractivity contribution in [2.45, 2.75) is 11.8 Å². The predicted octanol–water partition coefficient (Wildman–Crippen LogP) is 2.96. The number of hydrogen-bond donors (Lipinski definition) is 1. The van der Waals surface area contributed by atoms with Gasteiger partial charge in [0.05, 0.1) is 7.11 Å². The van der Waals surface area contributed by atoms with E-state index in [2.05, 4.69) is 4.74 Å². The molecule has 0 amide bonds. The fourth-order valence-corrected chi connectivity index (χ4v) is 1.57. The number of hydrogen-bond acceptors (Lipinski definition) is 3. The van der Waals surface area contributed by atoms with Crippen molar-refractivity contribution in [2.75, 3.05) is 7.11 Å². The number of methoxy groups -OCH3 is 1. The van der Waals surface area contributed by atoms with Crippen LogP contribution in [0.4, 0.5) is 0 Å². The molecule has 0 saturated carbocycles. The molecule has 1 aromatic rings. The predicted molar refractivity (Wildman–Crippen MR) is 58.6 cm³/mol. The summed E-state index contributed by atoms with van der Waals surface area (Å²) in [6.07, 6.45) is 0. The number of ether oxygens (including phenoxy) is 1. The Labute approximate surface area is 97.6 Å². The van der Waals surface area contributed by atoms with Crippen molar-refractivity contribution in [3.05, 3.63) is 28.8 Å². The van der Waals surface area contributed by atoms with Crippen molar-refractivity contribution in [1.29, 1.82) is 0 Å². The van der Waals surface area contributed by atoms with Gasteiger partial charge in [0.2, 0.25) is 0 Å². The van der Waals surface area contributed by atoms with Crippen LogP contribution >= 0.6 is 23.2 Å². The molecule has 0 aliphatic carbocycles. The number of aryl methyl sites for hydroxylation is 1. The van der Waals surface area contributed by atoms with E-state index in [-0.39, 0.29) is 11.3 Å². The molecule has 0 unspecified atom stereocenters. The van der Waals surface area contributed by atoms with Crippen LogP contribution in [0.15, 0.2) is 12.1 Å². The second-order valence-electron chi connectivity index (χ2n) is 2.99. The SMILES string of the molecule is COC(=O)c1c(C(Cl)Cl)ccc(C)c1O. The highest BCUT2D eigenvalue weighted by Gasteiger charge is 2.21. The van der Waals surface area contributed by atoms with Gasteiger partial charge in [-0.15, -0.1) is 23.2 Å². The molecule has 0 atom stereocenters. The maximum Gasteiger partial charge on any atom is 0.342 e. The zero-order valence-corrected chi connectivity index (χ0v) is 9.76. The Kier molecular flexibility index (Phi) is 3.83. The van der Waals surface area contributed by atoms with E-state index in [0.717, 1.165) is 0 Å². The number of alkyl halides is 2. The van der Waals surface area contributed by atoms with E-state index in [9.17, 15) is 9.90 Å². The molecule has 15 heavy (non-hydrogen) atoms. The first-order valence-corrected chi connectivity index (χ1v) is 5.05. The molecule has 0 bridgehead atoms. The van der Waals surface area contributed by atoms with Crippen LogP contribution in [-0.2, 0) is 4.74 Å². The molecule has 0 fully saturated rings. The van der Waals surface area contributed by atoms with Crippen LogP contribution < -0.4 is 0 Å². The first-order chi connectivity index (χ1) is 6.99. The maximum absolute atomic E-state index is 11.4. The molecule has 5 heteroatoms. The van der Waals surface area contributed by atoms with Crippen LogP contribution in [0, 0.1) is 6.92 Å². The summed E-state index contributed by atoms with van der Waals surface area (Å²) in [5, 5.41) is 9.71. The maximum atomic E-state index is 11.4. The summed E-state index contributed by atoms with van der Waals surface area (Å²) in [4.78, 5) is 10.5. The summed E-state index contributed by atoms with van der Waals surface area (Å²) in [5.74, 6) is -0.803. The van der Waals surface area contributed by atoms with Gasteiger partial charge in [0.1, 0.15) is 16.1 Å². The summed E-state index contributed by atoms with van der Waals surface area (Å²) < 4.78 is 4.55. The average Bonchev–Trinajstić information content (AvgIpc) is 2.20. The van der Waals surface area contributed by atoms with Gasteiger partial charge < -0.3 is 9.84 Å². The van der Waals surface area contributed by atoms with Crippen molar-refractivity contribution >= 4 is 29.2 Å². The number of phenols is 1. The summed E-state index contributed by atoms with van der Waals surface area (Å²) in [5.41, 5.74) is 0.925. The minimum Gasteiger partial charge on any atom is -0.507 e. The summed E-state index contributed by atoms with van der Waals surface area (Å²) in [6.45, 7) is 1.67. The first kappa shape index (κ1) is 12.1. The molecular formula is C10H10Cl2O3. The number of benzene rings is 1. The van der Waals surface area contributed by atoms with E-state index in [0.29, 0.717) is 11.1 Å². The van der Waals surface area contributed by atoms with Gasteiger partial charge in [0, 0.05) is 5.56 Å². The standard InChI is InChI=1S/C10H10Cl2O3/c1-5-3-4-6(9(11)12)7(8(5)13)10(14)15-2/h3-4,9,13H,1-2H3. The third-order valence-corrected chi connectivity index (χ3v) is 2.51. The largest absolute Gasteiger partial charge is 0.507 e. The fourth-order valence-electron chi connectivity index (χ4n) is 1.21. The van der Waals surface area contributed by atoms with Crippen molar-refractivity contribution in [1.82, 2.24) is 0 Å². The quantitative estimate of drug-likeness (QED) is 0.647. The Morgan fingerprint density at radius 3 is 2.53 bits per heavy atom. The second-order valence-corrected chi connectivity index (χ2v) is 4.08. The van der Waals surface area contributed by atoms with Crippen molar-refractivity contribution in [2.24, 2.45) is 0 Å². The van der Waals surface area contributed by atoms with Crippen molar-refractivity contribution < 1.29 is 14.6 Å². The van der Waals surface area contributed by atoms with E-state index in [1.54, 1.807) is 19.1 Å². The van der Waals surface area contributed by atoms with Gasteiger partial charge in [-0.05, 0) is 12.5 Å². The van der Waals surface area contributed by atoms with E-state index in [1.807, 2.05) is 0 Å². The van der Waals surface area contributed by atoms with Gasteiger partial charge in [-0.3, -0.25) is 0 Å². The molecule has 0 aromatic heterocycles. The minimum absolute atomic E-state index is 0.0208. The molecule has 0 spiro atoms. The molecule has 82 valence electrons. The minimum atomic E-state index is -0.884. The smallest absolute Gasteiger partial charge is 0.342 e. The average molecular weight is 249 g/mol. The number of phenolic OH excluding ortho intramolecular Hbond substituents is 1. The Balaban J connectivity index is 3.41.